The maximum atomic E-state index is 11.5. The lowest BCUT2D eigenvalue weighted by atomic mass is 10.1. The third-order valence-corrected chi connectivity index (χ3v) is 2.79. The molecule has 0 spiro atoms. The van der Waals surface area contributed by atoms with Crippen LogP contribution in [0.3, 0.4) is 0 Å². The quantitative estimate of drug-likeness (QED) is 0.517. The number of benzene rings is 1. The zero-order valence-electron chi connectivity index (χ0n) is 12.4. The number of amides is 2. The van der Waals surface area contributed by atoms with Crippen molar-refractivity contribution in [2.45, 2.75) is 6.42 Å². The van der Waals surface area contributed by atoms with Gasteiger partial charge in [-0.25, -0.2) is 0 Å². The van der Waals surface area contributed by atoms with E-state index in [1.165, 1.54) is 5.56 Å². The Bertz CT molecular complexity index is 423. The van der Waals surface area contributed by atoms with Gasteiger partial charge in [0.05, 0.1) is 19.7 Å². The molecule has 0 radical (unpaired) electrons. The fraction of sp³-hybridized carbons (Fsp3) is 0.467. The molecule has 1 rings (SSSR count). The largest absolute Gasteiger partial charge is 0.383 e. The molecule has 0 saturated heterocycles. The van der Waals surface area contributed by atoms with E-state index in [1.807, 2.05) is 30.3 Å². The first kappa shape index (κ1) is 17.1. The average molecular weight is 293 g/mol. The predicted octanol–water partition coefficient (Wildman–Crippen LogP) is -0.302. The van der Waals surface area contributed by atoms with E-state index in [4.69, 9.17) is 4.74 Å². The van der Waals surface area contributed by atoms with Crippen molar-refractivity contribution >= 4 is 11.8 Å². The van der Waals surface area contributed by atoms with Crippen LogP contribution < -0.4 is 16.0 Å². The third kappa shape index (κ3) is 8.78. The number of rotatable bonds is 10. The van der Waals surface area contributed by atoms with Gasteiger partial charge in [-0.15, -0.1) is 0 Å². The molecule has 0 heterocycles. The molecule has 0 aliphatic rings. The van der Waals surface area contributed by atoms with E-state index in [0.29, 0.717) is 19.7 Å². The van der Waals surface area contributed by atoms with Gasteiger partial charge in [-0.1, -0.05) is 30.3 Å². The van der Waals surface area contributed by atoms with Gasteiger partial charge in [0.1, 0.15) is 0 Å². The Morgan fingerprint density at radius 2 is 1.71 bits per heavy atom. The van der Waals surface area contributed by atoms with Gasteiger partial charge in [-0.2, -0.15) is 0 Å². The molecule has 0 bridgehead atoms. The minimum Gasteiger partial charge on any atom is -0.383 e. The van der Waals surface area contributed by atoms with Crippen molar-refractivity contribution in [3.8, 4) is 0 Å². The standard InChI is InChI=1S/C15H23N3O3/c1-21-10-9-16-11-14(19)18-12-15(20)17-8-7-13-5-3-2-4-6-13/h2-6,16H,7-12H2,1H3,(H,17,20)(H,18,19). The molecule has 0 aliphatic carbocycles. The molecular weight excluding hydrogens is 270 g/mol. The highest BCUT2D eigenvalue weighted by Crippen LogP contribution is 1.97. The summed E-state index contributed by atoms with van der Waals surface area (Å²) in [6, 6.07) is 9.92. The molecule has 6 nitrogen and oxygen atoms in total. The van der Waals surface area contributed by atoms with Crippen LogP contribution in [0, 0.1) is 0 Å². The summed E-state index contributed by atoms with van der Waals surface area (Å²) in [5, 5.41) is 8.23. The second-order valence-electron chi connectivity index (χ2n) is 4.53. The van der Waals surface area contributed by atoms with Crippen LogP contribution in [-0.2, 0) is 20.7 Å². The van der Waals surface area contributed by atoms with Crippen LogP contribution in [0.5, 0.6) is 0 Å². The lowest BCUT2D eigenvalue weighted by molar-refractivity contribution is -0.125. The normalized spacial score (nSPS) is 10.1. The maximum Gasteiger partial charge on any atom is 0.239 e. The van der Waals surface area contributed by atoms with Gasteiger partial charge in [0.2, 0.25) is 11.8 Å². The molecule has 116 valence electrons. The fourth-order valence-electron chi connectivity index (χ4n) is 1.67. The Morgan fingerprint density at radius 1 is 1.00 bits per heavy atom. The van der Waals surface area contributed by atoms with Crippen LogP contribution in [0.1, 0.15) is 5.56 Å². The second-order valence-corrected chi connectivity index (χ2v) is 4.53. The number of methoxy groups -OCH3 is 1. The van der Waals surface area contributed by atoms with Gasteiger partial charge in [0, 0.05) is 20.2 Å². The molecule has 1 aromatic rings. The van der Waals surface area contributed by atoms with E-state index in [0.717, 1.165) is 6.42 Å². The molecule has 0 fully saturated rings. The first-order valence-electron chi connectivity index (χ1n) is 6.99. The minimum atomic E-state index is -0.204. The summed E-state index contributed by atoms with van der Waals surface area (Å²) in [5.74, 6) is -0.388. The predicted molar refractivity (Wildman–Crippen MR) is 80.9 cm³/mol. The molecule has 2 amide bonds. The van der Waals surface area contributed by atoms with Crippen molar-refractivity contribution in [3.05, 3.63) is 35.9 Å². The van der Waals surface area contributed by atoms with Crippen molar-refractivity contribution in [2.24, 2.45) is 0 Å². The monoisotopic (exact) mass is 293 g/mol. The first-order chi connectivity index (χ1) is 10.2. The molecule has 0 aliphatic heterocycles. The molecule has 0 saturated carbocycles. The summed E-state index contributed by atoms with van der Waals surface area (Å²) in [7, 11) is 1.60. The van der Waals surface area contributed by atoms with Gasteiger partial charge in [-0.05, 0) is 12.0 Å². The maximum absolute atomic E-state index is 11.5. The van der Waals surface area contributed by atoms with E-state index < -0.39 is 0 Å². The summed E-state index contributed by atoms with van der Waals surface area (Å²) < 4.78 is 4.84. The van der Waals surface area contributed by atoms with Gasteiger partial charge in [-0.3, -0.25) is 9.59 Å². The van der Waals surface area contributed by atoms with Crippen LogP contribution in [-0.4, -0.2) is 51.7 Å². The lowest BCUT2D eigenvalue weighted by Gasteiger charge is -2.07. The van der Waals surface area contributed by atoms with Crippen LogP contribution in [0.25, 0.3) is 0 Å². The Morgan fingerprint density at radius 3 is 2.43 bits per heavy atom. The number of nitrogens with one attached hydrogen (secondary N) is 3. The molecule has 0 unspecified atom stereocenters. The highest BCUT2D eigenvalue weighted by Gasteiger charge is 2.04. The van der Waals surface area contributed by atoms with Crippen molar-refractivity contribution < 1.29 is 14.3 Å². The molecular formula is C15H23N3O3. The molecule has 1 aromatic carbocycles. The van der Waals surface area contributed by atoms with Crippen molar-refractivity contribution in [1.82, 2.24) is 16.0 Å². The Labute approximate surface area is 125 Å². The minimum absolute atomic E-state index is 0.000416. The van der Waals surface area contributed by atoms with Crippen LogP contribution in [0.2, 0.25) is 0 Å². The third-order valence-electron chi connectivity index (χ3n) is 2.79. The van der Waals surface area contributed by atoms with Gasteiger partial charge >= 0.3 is 0 Å². The van der Waals surface area contributed by atoms with E-state index in [-0.39, 0.29) is 24.9 Å². The summed E-state index contributed by atoms with van der Waals surface area (Å²) in [6.45, 7) is 1.89. The number of hydrogen-bond donors (Lipinski definition) is 3. The molecule has 0 aromatic heterocycles. The lowest BCUT2D eigenvalue weighted by Crippen LogP contribution is -2.41. The van der Waals surface area contributed by atoms with Gasteiger partial charge < -0.3 is 20.7 Å². The summed E-state index contributed by atoms with van der Waals surface area (Å²) in [5.41, 5.74) is 1.17. The molecule has 3 N–H and O–H groups in total. The van der Waals surface area contributed by atoms with Crippen molar-refractivity contribution in [2.75, 3.05) is 39.9 Å². The Balaban J connectivity index is 2.04. The SMILES string of the molecule is COCCNCC(=O)NCC(=O)NCCc1ccccc1. The van der Waals surface area contributed by atoms with Gasteiger partial charge in [0.25, 0.3) is 0 Å². The number of carbonyl (C=O) groups is 2. The first-order valence-corrected chi connectivity index (χ1v) is 6.99. The summed E-state index contributed by atoms with van der Waals surface area (Å²) in [6.07, 6.45) is 0.777. The highest BCUT2D eigenvalue weighted by molar-refractivity contribution is 5.85. The van der Waals surface area contributed by atoms with E-state index in [9.17, 15) is 9.59 Å². The molecule has 0 atom stereocenters. The van der Waals surface area contributed by atoms with E-state index in [2.05, 4.69) is 16.0 Å². The fourth-order valence-corrected chi connectivity index (χ4v) is 1.67. The van der Waals surface area contributed by atoms with Crippen LogP contribution >= 0.6 is 0 Å². The van der Waals surface area contributed by atoms with E-state index in [1.54, 1.807) is 7.11 Å². The van der Waals surface area contributed by atoms with Crippen molar-refractivity contribution in [1.29, 1.82) is 0 Å². The number of carbonyl (C=O) groups excluding carboxylic acids is 2. The topological polar surface area (TPSA) is 79.5 Å². The van der Waals surface area contributed by atoms with Gasteiger partial charge in [0.15, 0.2) is 0 Å². The zero-order valence-corrected chi connectivity index (χ0v) is 12.4. The second kappa shape index (κ2) is 10.8. The summed E-state index contributed by atoms with van der Waals surface area (Å²) in [4.78, 5) is 23.0. The number of hydrogen-bond acceptors (Lipinski definition) is 4. The average Bonchev–Trinajstić information content (AvgIpc) is 2.50. The number of ether oxygens (including phenoxy) is 1. The Hall–Kier alpha value is -1.92. The van der Waals surface area contributed by atoms with Crippen molar-refractivity contribution in [3.63, 3.8) is 0 Å². The highest BCUT2D eigenvalue weighted by atomic mass is 16.5. The van der Waals surface area contributed by atoms with E-state index >= 15 is 0 Å². The molecule has 21 heavy (non-hydrogen) atoms. The zero-order chi connectivity index (χ0) is 15.3. The molecule has 6 heteroatoms. The Kier molecular flexibility index (Phi) is 8.83. The summed E-state index contributed by atoms with van der Waals surface area (Å²) >= 11 is 0. The van der Waals surface area contributed by atoms with Crippen LogP contribution in [0.15, 0.2) is 30.3 Å². The van der Waals surface area contributed by atoms with Crippen LogP contribution in [0.4, 0.5) is 0 Å². The smallest absolute Gasteiger partial charge is 0.239 e.